The fraction of sp³-hybridized carbons (Fsp3) is 0. The predicted octanol–water partition coefficient (Wildman–Crippen LogP) is 12.4. The zero-order valence-electron chi connectivity index (χ0n) is 26.2. The second kappa shape index (κ2) is 10.6. The number of rotatable bonds is 4. The van der Waals surface area contributed by atoms with Gasteiger partial charge < -0.3 is 9.13 Å². The van der Waals surface area contributed by atoms with Crippen LogP contribution in [0.1, 0.15) is 0 Å². The third-order valence-corrected chi connectivity index (χ3v) is 9.91. The van der Waals surface area contributed by atoms with Crippen molar-refractivity contribution in [2.75, 3.05) is 0 Å². The predicted molar refractivity (Wildman–Crippen MR) is 203 cm³/mol. The number of nitrogens with zero attached hydrogens (tertiary/aromatic N) is 2. The SMILES string of the molecule is c1ccc(-c2ccc(-n3c4ccccc4c4cc(-c5cccc6c5c5ccccc5n6-c5ccc6ccccc6c5)ccc43)cc2)cc1. The summed E-state index contributed by atoms with van der Waals surface area (Å²) >= 11 is 0. The van der Waals surface area contributed by atoms with E-state index in [2.05, 4.69) is 191 Å². The summed E-state index contributed by atoms with van der Waals surface area (Å²) in [5.41, 5.74) is 12.1. The smallest absolute Gasteiger partial charge is 0.0547 e. The first-order valence-electron chi connectivity index (χ1n) is 16.5. The quantitative estimate of drug-likeness (QED) is 0.188. The normalized spacial score (nSPS) is 11.8. The minimum absolute atomic E-state index is 1.16. The Morgan fingerprint density at radius 3 is 1.71 bits per heavy atom. The molecule has 10 rings (SSSR count). The Morgan fingerprint density at radius 2 is 0.875 bits per heavy atom. The summed E-state index contributed by atoms with van der Waals surface area (Å²) in [4.78, 5) is 0. The van der Waals surface area contributed by atoms with Crippen LogP contribution in [0, 0.1) is 0 Å². The van der Waals surface area contributed by atoms with Gasteiger partial charge in [-0.15, -0.1) is 0 Å². The fourth-order valence-corrected chi connectivity index (χ4v) is 7.71. The van der Waals surface area contributed by atoms with Crippen molar-refractivity contribution in [2.24, 2.45) is 0 Å². The third kappa shape index (κ3) is 4.06. The Bertz CT molecular complexity index is 2820. The molecule has 2 aromatic heterocycles. The highest BCUT2D eigenvalue weighted by Gasteiger charge is 2.18. The van der Waals surface area contributed by atoms with E-state index in [9.17, 15) is 0 Å². The van der Waals surface area contributed by atoms with Crippen molar-refractivity contribution in [3.05, 3.63) is 182 Å². The molecule has 0 aliphatic heterocycles. The van der Waals surface area contributed by atoms with Gasteiger partial charge in [-0.1, -0.05) is 127 Å². The Hall–Kier alpha value is -6.38. The molecule has 0 aliphatic rings. The highest BCUT2D eigenvalue weighted by Crippen LogP contribution is 2.41. The van der Waals surface area contributed by atoms with E-state index in [0.717, 1.165) is 5.69 Å². The third-order valence-electron chi connectivity index (χ3n) is 9.91. The molecule has 8 aromatic carbocycles. The van der Waals surface area contributed by atoms with Crippen molar-refractivity contribution in [3.63, 3.8) is 0 Å². The Kier molecular flexibility index (Phi) is 5.91. The average molecular weight is 611 g/mol. The van der Waals surface area contributed by atoms with Crippen LogP contribution in [0.25, 0.3) is 88.0 Å². The van der Waals surface area contributed by atoms with Gasteiger partial charge in [0.2, 0.25) is 0 Å². The number of hydrogen-bond donors (Lipinski definition) is 0. The summed E-state index contributed by atoms with van der Waals surface area (Å²) < 4.78 is 4.82. The van der Waals surface area contributed by atoms with Gasteiger partial charge in [-0.05, 0) is 87.6 Å². The molecule has 0 N–H and O–H groups in total. The van der Waals surface area contributed by atoms with E-state index >= 15 is 0 Å². The largest absolute Gasteiger partial charge is 0.309 e. The monoisotopic (exact) mass is 610 g/mol. The first-order valence-corrected chi connectivity index (χ1v) is 16.5. The summed E-state index contributed by atoms with van der Waals surface area (Å²) in [5, 5.41) is 7.55. The first kappa shape index (κ1) is 26.8. The fourth-order valence-electron chi connectivity index (χ4n) is 7.71. The van der Waals surface area contributed by atoms with Gasteiger partial charge in [0.1, 0.15) is 0 Å². The summed E-state index contributed by atoms with van der Waals surface area (Å²) in [6.45, 7) is 0. The topological polar surface area (TPSA) is 9.86 Å². The molecule has 2 heteroatoms. The van der Waals surface area contributed by atoms with E-state index in [-0.39, 0.29) is 0 Å². The molecule has 0 atom stereocenters. The number of hydrogen-bond acceptors (Lipinski definition) is 0. The Labute approximate surface area is 278 Å². The minimum atomic E-state index is 1.16. The molecular weight excluding hydrogens is 581 g/mol. The molecule has 0 saturated heterocycles. The second-order valence-corrected chi connectivity index (χ2v) is 12.6. The van der Waals surface area contributed by atoms with Gasteiger partial charge in [-0.25, -0.2) is 0 Å². The summed E-state index contributed by atoms with van der Waals surface area (Å²) in [7, 11) is 0. The first-order chi connectivity index (χ1) is 23.8. The van der Waals surface area contributed by atoms with Gasteiger partial charge >= 0.3 is 0 Å². The molecule has 0 aliphatic carbocycles. The van der Waals surface area contributed by atoms with Gasteiger partial charge in [0, 0.05) is 32.9 Å². The zero-order chi connectivity index (χ0) is 31.6. The highest BCUT2D eigenvalue weighted by molar-refractivity contribution is 6.17. The van der Waals surface area contributed by atoms with E-state index in [0.29, 0.717) is 0 Å². The van der Waals surface area contributed by atoms with Gasteiger partial charge in [0.25, 0.3) is 0 Å². The molecular formula is C46H30N2. The Balaban J connectivity index is 1.17. The zero-order valence-corrected chi connectivity index (χ0v) is 26.2. The van der Waals surface area contributed by atoms with Crippen molar-refractivity contribution >= 4 is 54.4 Å². The van der Waals surface area contributed by atoms with Crippen molar-refractivity contribution in [1.82, 2.24) is 9.13 Å². The average Bonchev–Trinajstić information content (AvgIpc) is 3.68. The highest BCUT2D eigenvalue weighted by atomic mass is 15.0. The van der Waals surface area contributed by atoms with Crippen LogP contribution in [0.4, 0.5) is 0 Å². The second-order valence-electron chi connectivity index (χ2n) is 12.6. The maximum atomic E-state index is 2.42. The van der Waals surface area contributed by atoms with Crippen LogP contribution in [-0.2, 0) is 0 Å². The van der Waals surface area contributed by atoms with Crippen LogP contribution in [0.3, 0.4) is 0 Å². The number of aromatic nitrogens is 2. The van der Waals surface area contributed by atoms with Gasteiger partial charge in [0.05, 0.1) is 22.1 Å². The van der Waals surface area contributed by atoms with E-state index in [4.69, 9.17) is 0 Å². The standard InChI is InChI=1S/C46H30N2/c1-2-11-31(12-3-1)33-21-25-36(26-22-33)47-42-18-8-6-15-39(42)41-30-35(24-28-44(41)47)38-17-10-20-45-46(38)40-16-7-9-19-43(40)48(45)37-27-23-32-13-4-5-14-34(32)29-37/h1-30H. The lowest BCUT2D eigenvalue weighted by atomic mass is 9.98. The van der Waals surface area contributed by atoms with Crippen LogP contribution >= 0.6 is 0 Å². The summed E-state index contributed by atoms with van der Waals surface area (Å²) in [6.07, 6.45) is 0. The lowest BCUT2D eigenvalue weighted by molar-refractivity contribution is 1.18. The molecule has 2 nitrogen and oxygen atoms in total. The molecule has 0 radical (unpaired) electrons. The molecule has 224 valence electrons. The number of fused-ring (bicyclic) bond motifs is 7. The molecule has 0 unspecified atom stereocenters. The van der Waals surface area contributed by atoms with Crippen molar-refractivity contribution in [3.8, 4) is 33.6 Å². The van der Waals surface area contributed by atoms with Crippen LogP contribution in [0.5, 0.6) is 0 Å². The molecule has 48 heavy (non-hydrogen) atoms. The van der Waals surface area contributed by atoms with Crippen molar-refractivity contribution in [2.45, 2.75) is 0 Å². The maximum Gasteiger partial charge on any atom is 0.0547 e. The molecule has 10 aromatic rings. The van der Waals surface area contributed by atoms with E-state index in [1.54, 1.807) is 0 Å². The van der Waals surface area contributed by atoms with Gasteiger partial charge in [-0.2, -0.15) is 0 Å². The van der Waals surface area contributed by atoms with Crippen LogP contribution in [0.2, 0.25) is 0 Å². The van der Waals surface area contributed by atoms with Crippen LogP contribution in [0.15, 0.2) is 182 Å². The van der Waals surface area contributed by atoms with Crippen LogP contribution in [-0.4, -0.2) is 9.13 Å². The molecule has 2 heterocycles. The Morgan fingerprint density at radius 1 is 0.292 bits per heavy atom. The lowest BCUT2D eigenvalue weighted by Gasteiger charge is -2.11. The lowest BCUT2D eigenvalue weighted by Crippen LogP contribution is -1.94. The van der Waals surface area contributed by atoms with Crippen LogP contribution < -0.4 is 0 Å². The van der Waals surface area contributed by atoms with Gasteiger partial charge in [-0.3, -0.25) is 0 Å². The molecule has 0 spiro atoms. The molecule has 0 fully saturated rings. The van der Waals surface area contributed by atoms with E-state index in [1.807, 2.05) is 0 Å². The molecule has 0 amide bonds. The molecule has 0 bridgehead atoms. The maximum absolute atomic E-state index is 2.42. The van der Waals surface area contributed by atoms with E-state index in [1.165, 1.54) is 82.3 Å². The van der Waals surface area contributed by atoms with Gasteiger partial charge in [0.15, 0.2) is 0 Å². The summed E-state index contributed by atoms with van der Waals surface area (Å²) in [6, 6.07) is 66.2. The van der Waals surface area contributed by atoms with Crippen molar-refractivity contribution < 1.29 is 0 Å². The molecule has 0 saturated carbocycles. The summed E-state index contributed by atoms with van der Waals surface area (Å²) in [5.74, 6) is 0. The number of para-hydroxylation sites is 2. The minimum Gasteiger partial charge on any atom is -0.309 e. The van der Waals surface area contributed by atoms with Crippen molar-refractivity contribution in [1.29, 1.82) is 0 Å². The van der Waals surface area contributed by atoms with E-state index < -0.39 is 0 Å². The number of benzene rings is 8.